The van der Waals surface area contributed by atoms with Gasteiger partial charge in [-0.3, -0.25) is 0 Å². The van der Waals surface area contributed by atoms with Crippen molar-refractivity contribution in [1.82, 2.24) is 9.55 Å². The van der Waals surface area contributed by atoms with Gasteiger partial charge < -0.3 is 14.4 Å². The first-order valence-electron chi connectivity index (χ1n) is 5.49. The highest BCUT2D eigenvalue weighted by Gasteiger charge is 2.28. The number of ether oxygens (including phenoxy) is 1. The van der Waals surface area contributed by atoms with E-state index in [9.17, 15) is 9.59 Å². The summed E-state index contributed by atoms with van der Waals surface area (Å²) >= 11 is 0. The predicted molar refractivity (Wildman–Crippen MR) is 62.7 cm³/mol. The van der Waals surface area contributed by atoms with Crippen molar-refractivity contribution in [2.24, 2.45) is 0 Å². The lowest BCUT2D eigenvalue weighted by Crippen LogP contribution is -2.38. The van der Waals surface area contributed by atoms with Crippen LogP contribution in [0.15, 0.2) is 18.9 Å². The molecule has 1 amide bonds. The standard InChI is InChI=1S/C11H13N3O4/c1-2-6-18-11(17)14-5-3-4-13-8(9(15)16)7-12-10(13)14/h2,7H,1,3-6H2,(H,15,16). The van der Waals surface area contributed by atoms with Crippen LogP contribution in [-0.4, -0.2) is 39.9 Å². The average molecular weight is 251 g/mol. The highest BCUT2D eigenvalue weighted by molar-refractivity contribution is 5.89. The van der Waals surface area contributed by atoms with Crippen molar-refractivity contribution in [3.8, 4) is 0 Å². The maximum atomic E-state index is 11.8. The van der Waals surface area contributed by atoms with Gasteiger partial charge in [-0.05, 0) is 6.42 Å². The van der Waals surface area contributed by atoms with Gasteiger partial charge in [-0.25, -0.2) is 19.5 Å². The van der Waals surface area contributed by atoms with Gasteiger partial charge in [-0.1, -0.05) is 12.7 Å². The van der Waals surface area contributed by atoms with Crippen LogP contribution in [0.3, 0.4) is 0 Å². The van der Waals surface area contributed by atoms with Gasteiger partial charge in [0.2, 0.25) is 5.95 Å². The maximum absolute atomic E-state index is 11.8. The highest BCUT2D eigenvalue weighted by Crippen LogP contribution is 2.22. The number of imidazole rings is 1. The average Bonchev–Trinajstić information content (AvgIpc) is 2.79. The van der Waals surface area contributed by atoms with Crippen LogP contribution in [0.2, 0.25) is 0 Å². The van der Waals surface area contributed by atoms with Gasteiger partial charge in [-0.15, -0.1) is 0 Å². The van der Waals surface area contributed by atoms with Crippen LogP contribution in [0.4, 0.5) is 10.7 Å². The molecule has 0 saturated carbocycles. The second-order valence-electron chi connectivity index (χ2n) is 3.77. The number of carbonyl (C=O) groups excluding carboxylic acids is 1. The summed E-state index contributed by atoms with van der Waals surface area (Å²) in [5.41, 5.74) is 0.0752. The van der Waals surface area contributed by atoms with Crippen molar-refractivity contribution < 1.29 is 19.4 Å². The van der Waals surface area contributed by atoms with Crippen LogP contribution in [0.25, 0.3) is 0 Å². The van der Waals surface area contributed by atoms with Gasteiger partial charge in [0.1, 0.15) is 12.3 Å². The molecule has 1 aliphatic rings. The van der Waals surface area contributed by atoms with Gasteiger partial charge in [0, 0.05) is 13.1 Å². The fourth-order valence-corrected chi connectivity index (χ4v) is 1.84. The Balaban J connectivity index is 2.26. The summed E-state index contributed by atoms with van der Waals surface area (Å²) in [5.74, 6) is -0.747. The molecule has 0 saturated heterocycles. The number of hydrogen-bond acceptors (Lipinski definition) is 4. The Morgan fingerprint density at radius 1 is 1.56 bits per heavy atom. The molecule has 7 nitrogen and oxygen atoms in total. The maximum Gasteiger partial charge on any atom is 0.416 e. The molecule has 1 N–H and O–H groups in total. The molecule has 0 radical (unpaired) electrons. The quantitative estimate of drug-likeness (QED) is 0.813. The van der Waals surface area contributed by atoms with E-state index in [0.717, 1.165) is 0 Å². The minimum absolute atomic E-state index is 0.0752. The zero-order valence-electron chi connectivity index (χ0n) is 9.70. The lowest BCUT2D eigenvalue weighted by Gasteiger charge is -2.26. The fraction of sp³-hybridized carbons (Fsp3) is 0.364. The van der Waals surface area contributed by atoms with E-state index in [-0.39, 0.29) is 12.3 Å². The molecular weight excluding hydrogens is 238 g/mol. The molecule has 0 aromatic carbocycles. The SMILES string of the molecule is C=CCOC(=O)N1CCCn2c(C(=O)O)cnc21. The summed E-state index contributed by atoms with van der Waals surface area (Å²) in [4.78, 5) is 28.0. The van der Waals surface area contributed by atoms with E-state index in [1.807, 2.05) is 0 Å². The minimum Gasteiger partial charge on any atom is -0.477 e. The van der Waals surface area contributed by atoms with Crippen molar-refractivity contribution >= 4 is 18.0 Å². The van der Waals surface area contributed by atoms with Gasteiger partial charge in [0.05, 0.1) is 6.20 Å². The van der Waals surface area contributed by atoms with Crippen LogP contribution in [0.1, 0.15) is 16.9 Å². The van der Waals surface area contributed by atoms with E-state index in [1.54, 1.807) is 0 Å². The Labute approximate surface area is 103 Å². The molecule has 0 unspecified atom stereocenters. The molecular formula is C11H13N3O4. The van der Waals surface area contributed by atoms with Gasteiger partial charge in [0.25, 0.3) is 0 Å². The summed E-state index contributed by atoms with van der Waals surface area (Å²) in [6, 6.07) is 0. The number of rotatable bonds is 3. The molecule has 0 bridgehead atoms. The molecule has 0 spiro atoms. The van der Waals surface area contributed by atoms with E-state index in [2.05, 4.69) is 11.6 Å². The highest BCUT2D eigenvalue weighted by atomic mass is 16.6. The van der Waals surface area contributed by atoms with Crippen molar-refractivity contribution in [2.75, 3.05) is 18.1 Å². The summed E-state index contributed by atoms with van der Waals surface area (Å²) in [7, 11) is 0. The first-order valence-corrected chi connectivity index (χ1v) is 5.49. The molecule has 18 heavy (non-hydrogen) atoms. The smallest absolute Gasteiger partial charge is 0.416 e. The monoisotopic (exact) mass is 251 g/mol. The number of nitrogens with zero attached hydrogens (tertiary/aromatic N) is 3. The van der Waals surface area contributed by atoms with Crippen molar-refractivity contribution in [3.05, 3.63) is 24.5 Å². The molecule has 1 aromatic rings. The molecule has 0 fully saturated rings. The molecule has 0 aliphatic carbocycles. The van der Waals surface area contributed by atoms with Crippen molar-refractivity contribution in [3.63, 3.8) is 0 Å². The van der Waals surface area contributed by atoms with Crippen LogP contribution in [-0.2, 0) is 11.3 Å². The number of carboxylic acid groups (broad SMARTS) is 1. The summed E-state index contributed by atoms with van der Waals surface area (Å²) in [6.07, 6.45) is 2.83. The lowest BCUT2D eigenvalue weighted by atomic mass is 10.3. The predicted octanol–water partition coefficient (Wildman–Crippen LogP) is 1.11. The van der Waals surface area contributed by atoms with E-state index < -0.39 is 12.1 Å². The summed E-state index contributed by atoms with van der Waals surface area (Å²) in [6.45, 7) is 4.56. The third kappa shape index (κ3) is 2.06. The largest absolute Gasteiger partial charge is 0.477 e. The number of hydrogen-bond donors (Lipinski definition) is 1. The zero-order valence-corrected chi connectivity index (χ0v) is 9.70. The summed E-state index contributed by atoms with van der Waals surface area (Å²) < 4.78 is 6.43. The minimum atomic E-state index is -1.06. The Morgan fingerprint density at radius 3 is 3.00 bits per heavy atom. The number of anilines is 1. The molecule has 1 aliphatic heterocycles. The van der Waals surface area contributed by atoms with Crippen LogP contribution < -0.4 is 4.90 Å². The zero-order chi connectivity index (χ0) is 13.1. The lowest BCUT2D eigenvalue weighted by molar-refractivity contribution is 0.0684. The van der Waals surface area contributed by atoms with E-state index in [4.69, 9.17) is 9.84 Å². The van der Waals surface area contributed by atoms with Crippen LogP contribution in [0.5, 0.6) is 0 Å². The Morgan fingerprint density at radius 2 is 2.33 bits per heavy atom. The Hall–Kier alpha value is -2.31. The van der Waals surface area contributed by atoms with Crippen LogP contribution >= 0.6 is 0 Å². The number of carboxylic acids is 1. The van der Waals surface area contributed by atoms with E-state index in [1.165, 1.54) is 21.7 Å². The number of aromatic nitrogens is 2. The van der Waals surface area contributed by atoms with Gasteiger partial charge >= 0.3 is 12.1 Å². The number of fused-ring (bicyclic) bond motifs is 1. The van der Waals surface area contributed by atoms with Gasteiger partial charge in [-0.2, -0.15) is 0 Å². The first-order chi connectivity index (χ1) is 8.65. The normalized spacial score (nSPS) is 13.9. The number of aromatic carboxylic acids is 1. The topological polar surface area (TPSA) is 84.7 Å². The third-order valence-corrected chi connectivity index (χ3v) is 2.60. The Bertz CT molecular complexity index is 494. The number of amides is 1. The van der Waals surface area contributed by atoms with E-state index >= 15 is 0 Å². The van der Waals surface area contributed by atoms with Crippen LogP contribution in [0, 0.1) is 0 Å². The van der Waals surface area contributed by atoms with Crippen molar-refractivity contribution in [2.45, 2.75) is 13.0 Å². The second-order valence-corrected chi connectivity index (χ2v) is 3.77. The number of carbonyl (C=O) groups is 2. The molecule has 2 rings (SSSR count). The second kappa shape index (κ2) is 4.91. The molecule has 1 aromatic heterocycles. The first kappa shape index (κ1) is 12.2. The van der Waals surface area contributed by atoms with Gasteiger partial charge in [0.15, 0.2) is 0 Å². The molecule has 96 valence electrons. The summed E-state index contributed by atoms with van der Waals surface area (Å²) in [5, 5.41) is 8.99. The van der Waals surface area contributed by atoms with Crippen molar-refractivity contribution in [1.29, 1.82) is 0 Å². The Kier molecular flexibility index (Phi) is 3.31. The molecule has 7 heteroatoms. The van der Waals surface area contributed by atoms with E-state index in [0.29, 0.717) is 25.5 Å². The molecule has 2 heterocycles. The molecule has 0 atom stereocenters. The fourth-order valence-electron chi connectivity index (χ4n) is 1.84. The third-order valence-electron chi connectivity index (χ3n) is 2.60.